The van der Waals surface area contributed by atoms with Gasteiger partial charge in [-0.05, 0) is 31.1 Å². The first-order valence-electron chi connectivity index (χ1n) is 5.04. The molecule has 3 rings (SSSR count). The Morgan fingerprint density at radius 1 is 1.31 bits per heavy atom. The second kappa shape index (κ2) is 2.82. The largest absolute Gasteiger partial charge is 0.390 e. The molecule has 3 atom stereocenters. The molecule has 0 aromatic heterocycles. The molecule has 0 aromatic carbocycles. The molecule has 1 fully saturated rings. The van der Waals surface area contributed by atoms with E-state index >= 15 is 0 Å². The SMILES string of the molecule is CO[C@]12C=C[C@](C)(CC[C@H]1O)CC2. The van der Waals surface area contributed by atoms with Crippen molar-refractivity contribution in [3.8, 4) is 0 Å². The molecule has 0 saturated heterocycles. The molecule has 1 saturated carbocycles. The fourth-order valence-electron chi connectivity index (χ4n) is 2.49. The molecule has 0 aromatic rings. The molecule has 3 aliphatic carbocycles. The second-order valence-corrected chi connectivity index (χ2v) is 4.70. The summed E-state index contributed by atoms with van der Waals surface area (Å²) in [5.74, 6) is 0. The zero-order chi connectivity index (χ0) is 9.53. The molecule has 0 unspecified atom stereocenters. The quantitative estimate of drug-likeness (QED) is 0.627. The average molecular weight is 182 g/mol. The number of fused-ring (bicyclic) bond motifs is 3. The van der Waals surface area contributed by atoms with Gasteiger partial charge in [0, 0.05) is 7.11 Å². The van der Waals surface area contributed by atoms with Crippen LogP contribution < -0.4 is 0 Å². The number of rotatable bonds is 1. The minimum Gasteiger partial charge on any atom is -0.390 e. The number of ether oxygens (including phenoxy) is 1. The van der Waals surface area contributed by atoms with Crippen LogP contribution in [-0.2, 0) is 4.74 Å². The van der Waals surface area contributed by atoms with Crippen molar-refractivity contribution in [2.75, 3.05) is 7.11 Å². The molecular formula is C11H18O2. The van der Waals surface area contributed by atoms with Crippen LogP contribution in [0.25, 0.3) is 0 Å². The van der Waals surface area contributed by atoms with Gasteiger partial charge in [-0.15, -0.1) is 0 Å². The van der Waals surface area contributed by atoms with Crippen molar-refractivity contribution in [2.24, 2.45) is 5.41 Å². The Morgan fingerprint density at radius 3 is 2.62 bits per heavy atom. The summed E-state index contributed by atoms with van der Waals surface area (Å²) in [7, 11) is 1.70. The minimum atomic E-state index is -0.379. The Bertz CT molecular complexity index is 236. The molecule has 0 amide bonds. The predicted octanol–water partition coefficient (Wildman–Crippen LogP) is 1.88. The van der Waals surface area contributed by atoms with Crippen molar-refractivity contribution >= 4 is 0 Å². The summed E-state index contributed by atoms with van der Waals surface area (Å²) >= 11 is 0. The fraction of sp³-hybridized carbons (Fsp3) is 0.818. The second-order valence-electron chi connectivity index (χ2n) is 4.70. The highest BCUT2D eigenvalue weighted by molar-refractivity contribution is 5.18. The molecule has 2 nitrogen and oxygen atoms in total. The van der Waals surface area contributed by atoms with Gasteiger partial charge < -0.3 is 9.84 Å². The minimum absolute atomic E-state index is 0.305. The zero-order valence-corrected chi connectivity index (χ0v) is 8.42. The van der Waals surface area contributed by atoms with Crippen molar-refractivity contribution in [3.63, 3.8) is 0 Å². The third-order valence-corrected chi connectivity index (χ3v) is 3.79. The van der Waals surface area contributed by atoms with Gasteiger partial charge in [-0.1, -0.05) is 19.1 Å². The molecule has 2 bridgehead atoms. The Labute approximate surface area is 79.6 Å². The van der Waals surface area contributed by atoms with Crippen LogP contribution in [0.2, 0.25) is 0 Å². The highest BCUT2D eigenvalue weighted by atomic mass is 16.5. The van der Waals surface area contributed by atoms with Gasteiger partial charge in [0.05, 0.1) is 6.10 Å². The molecule has 0 aliphatic heterocycles. The van der Waals surface area contributed by atoms with Gasteiger partial charge >= 0.3 is 0 Å². The number of allylic oxidation sites excluding steroid dienone is 1. The molecule has 13 heavy (non-hydrogen) atoms. The van der Waals surface area contributed by atoms with Gasteiger partial charge in [0.2, 0.25) is 0 Å². The number of hydrogen-bond donors (Lipinski definition) is 1. The maximum Gasteiger partial charge on any atom is 0.112 e. The van der Waals surface area contributed by atoms with Crippen LogP contribution in [-0.4, -0.2) is 23.9 Å². The van der Waals surface area contributed by atoms with E-state index in [4.69, 9.17) is 4.74 Å². The summed E-state index contributed by atoms with van der Waals surface area (Å²) in [6, 6.07) is 0. The highest BCUT2D eigenvalue weighted by Gasteiger charge is 2.44. The summed E-state index contributed by atoms with van der Waals surface area (Å²) in [4.78, 5) is 0. The highest BCUT2D eigenvalue weighted by Crippen LogP contribution is 2.46. The van der Waals surface area contributed by atoms with Gasteiger partial charge in [0.15, 0.2) is 0 Å². The summed E-state index contributed by atoms with van der Waals surface area (Å²) in [5.41, 5.74) is -0.0739. The van der Waals surface area contributed by atoms with E-state index < -0.39 is 0 Å². The maximum atomic E-state index is 9.96. The van der Waals surface area contributed by atoms with Crippen LogP contribution in [0.4, 0.5) is 0 Å². The number of methoxy groups -OCH3 is 1. The maximum absolute atomic E-state index is 9.96. The number of aliphatic hydroxyl groups is 1. The summed E-state index contributed by atoms with van der Waals surface area (Å²) in [5, 5.41) is 9.96. The first-order valence-corrected chi connectivity index (χ1v) is 5.04. The Kier molecular flexibility index (Phi) is 2.00. The van der Waals surface area contributed by atoms with Crippen molar-refractivity contribution in [1.82, 2.24) is 0 Å². The van der Waals surface area contributed by atoms with E-state index in [0.717, 1.165) is 25.7 Å². The van der Waals surface area contributed by atoms with E-state index in [1.54, 1.807) is 7.11 Å². The molecule has 0 heterocycles. The van der Waals surface area contributed by atoms with E-state index in [-0.39, 0.29) is 11.7 Å². The van der Waals surface area contributed by atoms with Crippen LogP contribution in [0.15, 0.2) is 12.2 Å². The Hall–Kier alpha value is -0.340. The van der Waals surface area contributed by atoms with E-state index in [9.17, 15) is 5.11 Å². The summed E-state index contributed by atoms with van der Waals surface area (Å²) < 4.78 is 5.47. The van der Waals surface area contributed by atoms with Gasteiger partial charge in [-0.25, -0.2) is 0 Å². The fourth-order valence-corrected chi connectivity index (χ4v) is 2.49. The van der Waals surface area contributed by atoms with Crippen molar-refractivity contribution < 1.29 is 9.84 Å². The van der Waals surface area contributed by atoms with Crippen molar-refractivity contribution in [3.05, 3.63) is 12.2 Å². The lowest BCUT2D eigenvalue weighted by Gasteiger charge is -2.36. The van der Waals surface area contributed by atoms with Gasteiger partial charge in [0.25, 0.3) is 0 Å². The summed E-state index contributed by atoms with van der Waals surface area (Å²) in [6.45, 7) is 2.26. The number of hydrogen-bond acceptors (Lipinski definition) is 2. The lowest BCUT2D eigenvalue weighted by molar-refractivity contribution is -0.0737. The third kappa shape index (κ3) is 1.32. The zero-order valence-electron chi connectivity index (χ0n) is 8.42. The standard InChI is InChI=1S/C11H18O2/c1-10-4-3-9(12)11(13-2,7-5-10)8-6-10/h5,7,9,12H,3-4,6,8H2,1-2H3/t9-,10+,11+/m1/s1. The molecule has 1 N–H and O–H groups in total. The van der Waals surface area contributed by atoms with Gasteiger partial charge in [-0.2, -0.15) is 0 Å². The first kappa shape index (κ1) is 9.22. The average Bonchev–Trinajstić information content (AvgIpc) is 2.34. The Balaban J connectivity index is 2.34. The van der Waals surface area contributed by atoms with E-state index in [1.165, 1.54) is 0 Å². The van der Waals surface area contributed by atoms with Crippen LogP contribution in [0, 0.1) is 5.41 Å². The molecule has 0 spiro atoms. The van der Waals surface area contributed by atoms with Crippen molar-refractivity contribution in [1.29, 1.82) is 0 Å². The third-order valence-electron chi connectivity index (χ3n) is 3.79. The first-order chi connectivity index (χ1) is 6.10. The molecule has 0 radical (unpaired) electrons. The number of aliphatic hydroxyl groups excluding tert-OH is 1. The Morgan fingerprint density at radius 2 is 2.08 bits per heavy atom. The lowest BCUT2D eigenvalue weighted by Crippen LogP contribution is -2.42. The van der Waals surface area contributed by atoms with Crippen molar-refractivity contribution in [2.45, 2.75) is 44.3 Å². The van der Waals surface area contributed by atoms with E-state index in [2.05, 4.69) is 19.1 Å². The topological polar surface area (TPSA) is 29.5 Å². The lowest BCUT2D eigenvalue weighted by atomic mass is 9.77. The van der Waals surface area contributed by atoms with E-state index in [1.807, 2.05) is 0 Å². The van der Waals surface area contributed by atoms with Crippen LogP contribution in [0.1, 0.15) is 32.6 Å². The molecular weight excluding hydrogens is 164 g/mol. The van der Waals surface area contributed by atoms with Gasteiger partial charge in [-0.3, -0.25) is 0 Å². The molecule has 3 aliphatic rings. The monoisotopic (exact) mass is 182 g/mol. The molecule has 2 heteroatoms. The normalized spacial score (nSPS) is 49.3. The van der Waals surface area contributed by atoms with E-state index in [0.29, 0.717) is 5.41 Å². The van der Waals surface area contributed by atoms with Gasteiger partial charge in [0.1, 0.15) is 5.60 Å². The van der Waals surface area contributed by atoms with Crippen LogP contribution in [0.3, 0.4) is 0 Å². The molecule has 74 valence electrons. The van der Waals surface area contributed by atoms with Crippen LogP contribution >= 0.6 is 0 Å². The smallest absolute Gasteiger partial charge is 0.112 e. The summed E-state index contributed by atoms with van der Waals surface area (Å²) in [6.07, 6.45) is 8.02. The van der Waals surface area contributed by atoms with Crippen LogP contribution in [0.5, 0.6) is 0 Å². The predicted molar refractivity (Wildman–Crippen MR) is 51.5 cm³/mol.